The third-order valence-electron chi connectivity index (χ3n) is 5.31. The van der Waals surface area contributed by atoms with Crippen LogP contribution < -0.4 is 10.9 Å². The highest BCUT2D eigenvalue weighted by Crippen LogP contribution is 2.35. The lowest BCUT2D eigenvalue weighted by Gasteiger charge is -2.17. The molecule has 1 aliphatic rings. The van der Waals surface area contributed by atoms with Gasteiger partial charge in [-0.2, -0.15) is 0 Å². The van der Waals surface area contributed by atoms with Gasteiger partial charge in [0.15, 0.2) is 0 Å². The second kappa shape index (κ2) is 7.68. The fourth-order valence-electron chi connectivity index (χ4n) is 3.71. The summed E-state index contributed by atoms with van der Waals surface area (Å²) in [7, 11) is 0. The Kier molecular flexibility index (Phi) is 5.25. The largest absolute Gasteiger partial charge is 0.350 e. The van der Waals surface area contributed by atoms with Gasteiger partial charge in [-0.05, 0) is 55.4 Å². The van der Waals surface area contributed by atoms with E-state index < -0.39 is 0 Å². The van der Waals surface area contributed by atoms with Crippen LogP contribution in [0.4, 0.5) is 0 Å². The quantitative estimate of drug-likeness (QED) is 0.703. The van der Waals surface area contributed by atoms with Crippen molar-refractivity contribution in [2.24, 2.45) is 5.92 Å². The van der Waals surface area contributed by atoms with E-state index >= 15 is 0 Å². The molecule has 146 valence electrons. The van der Waals surface area contributed by atoms with Crippen molar-refractivity contribution in [3.63, 3.8) is 0 Å². The number of rotatable bonds is 4. The van der Waals surface area contributed by atoms with Crippen LogP contribution in [0.1, 0.15) is 35.2 Å². The van der Waals surface area contributed by atoms with Gasteiger partial charge in [-0.15, -0.1) is 11.3 Å². The molecule has 2 aromatic heterocycles. The summed E-state index contributed by atoms with van der Waals surface area (Å²) in [5.41, 5.74) is 2.00. The van der Waals surface area contributed by atoms with Crippen LogP contribution in [0, 0.1) is 12.8 Å². The lowest BCUT2D eigenvalue weighted by atomic mass is 9.89. The van der Waals surface area contributed by atoms with Gasteiger partial charge in [-0.25, -0.2) is 4.98 Å². The highest BCUT2D eigenvalue weighted by molar-refractivity contribution is 7.18. The normalized spacial score (nSPS) is 16.2. The molecule has 0 saturated carbocycles. The Morgan fingerprint density at radius 2 is 2.11 bits per heavy atom. The van der Waals surface area contributed by atoms with Crippen molar-refractivity contribution in [3.05, 3.63) is 61.5 Å². The second-order valence-electron chi connectivity index (χ2n) is 7.49. The number of nitrogens with one attached hydrogen (secondary N) is 1. The standard InChI is InChI=1S/C21H22ClN3O2S/c1-12-3-8-16-17(9-12)28-20-19(16)21(27)25(13(2)24-20)11-18(26)23-10-14-4-6-15(22)7-5-14/h4-7,12H,3,8-11H2,1-2H3,(H,23,26). The number of benzene rings is 1. The molecule has 0 radical (unpaired) electrons. The van der Waals surface area contributed by atoms with Gasteiger partial charge in [0.1, 0.15) is 17.2 Å². The molecule has 3 aromatic rings. The van der Waals surface area contributed by atoms with Crippen LogP contribution in [-0.2, 0) is 30.7 Å². The molecule has 0 saturated heterocycles. The Morgan fingerprint density at radius 1 is 1.36 bits per heavy atom. The number of hydrogen-bond acceptors (Lipinski definition) is 4. The first kappa shape index (κ1) is 19.2. The fraction of sp³-hybridized carbons (Fsp3) is 0.381. The van der Waals surface area contributed by atoms with Gasteiger partial charge in [0.2, 0.25) is 5.91 Å². The van der Waals surface area contributed by atoms with E-state index in [4.69, 9.17) is 11.6 Å². The molecule has 1 amide bonds. The Labute approximate surface area is 172 Å². The van der Waals surface area contributed by atoms with Crippen LogP contribution in [0.5, 0.6) is 0 Å². The zero-order valence-electron chi connectivity index (χ0n) is 15.9. The number of carbonyl (C=O) groups excluding carboxylic acids is 1. The molecule has 28 heavy (non-hydrogen) atoms. The van der Waals surface area contributed by atoms with Crippen molar-refractivity contribution in [2.75, 3.05) is 0 Å². The number of hydrogen-bond donors (Lipinski definition) is 1. The molecule has 1 atom stereocenters. The number of halogens is 1. The van der Waals surface area contributed by atoms with Crippen LogP contribution in [-0.4, -0.2) is 15.5 Å². The zero-order valence-corrected chi connectivity index (χ0v) is 17.5. The van der Waals surface area contributed by atoms with E-state index in [1.165, 1.54) is 9.44 Å². The summed E-state index contributed by atoms with van der Waals surface area (Å²) in [6.07, 6.45) is 3.02. The first-order chi connectivity index (χ1) is 13.4. The monoisotopic (exact) mass is 415 g/mol. The molecule has 1 unspecified atom stereocenters. The Balaban J connectivity index is 1.57. The number of thiophene rings is 1. The second-order valence-corrected chi connectivity index (χ2v) is 9.01. The lowest BCUT2D eigenvalue weighted by Crippen LogP contribution is -2.33. The maximum absolute atomic E-state index is 13.1. The minimum Gasteiger partial charge on any atom is -0.350 e. The highest BCUT2D eigenvalue weighted by atomic mass is 35.5. The molecule has 1 aromatic carbocycles. The zero-order chi connectivity index (χ0) is 19.8. The van der Waals surface area contributed by atoms with E-state index in [0.717, 1.165) is 35.2 Å². The third kappa shape index (κ3) is 3.71. The molecule has 5 nitrogen and oxygen atoms in total. The Morgan fingerprint density at radius 3 is 2.86 bits per heavy atom. The maximum Gasteiger partial charge on any atom is 0.263 e. The summed E-state index contributed by atoms with van der Waals surface area (Å²) in [5.74, 6) is 1.01. The molecule has 2 heterocycles. The number of carbonyl (C=O) groups is 1. The molecular weight excluding hydrogens is 394 g/mol. The van der Waals surface area contributed by atoms with Crippen molar-refractivity contribution in [3.8, 4) is 0 Å². The van der Waals surface area contributed by atoms with Crippen LogP contribution >= 0.6 is 22.9 Å². The van der Waals surface area contributed by atoms with Crippen molar-refractivity contribution in [1.29, 1.82) is 0 Å². The molecule has 0 spiro atoms. The van der Waals surface area contributed by atoms with E-state index in [2.05, 4.69) is 17.2 Å². The smallest absolute Gasteiger partial charge is 0.263 e. The van der Waals surface area contributed by atoms with Gasteiger partial charge in [0.05, 0.1) is 5.39 Å². The van der Waals surface area contributed by atoms with Crippen LogP contribution in [0.2, 0.25) is 5.02 Å². The van der Waals surface area contributed by atoms with E-state index in [0.29, 0.717) is 28.7 Å². The molecule has 4 rings (SSSR count). The molecule has 0 bridgehead atoms. The average Bonchev–Trinajstić information content (AvgIpc) is 3.01. The van der Waals surface area contributed by atoms with E-state index in [1.54, 1.807) is 30.4 Å². The first-order valence-corrected chi connectivity index (χ1v) is 10.6. The summed E-state index contributed by atoms with van der Waals surface area (Å²) in [4.78, 5) is 32.3. The highest BCUT2D eigenvalue weighted by Gasteiger charge is 2.24. The van der Waals surface area contributed by atoms with Crippen molar-refractivity contribution in [2.45, 2.75) is 46.2 Å². The van der Waals surface area contributed by atoms with E-state index in [1.807, 2.05) is 12.1 Å². The van der Waals surface area contributed by atoms with E-state index in [9.17, 15) is 9.59 Å². The third-order valence-corrected chi connectivity index (χ3v) is 6.71. The average molecular weight is 416 g/mol. The summed E-state index contributed by atoms with van der Waals surface area (Å²) >= 11 is 7.51. The molecule has 0 aliphatic heterocycles. The van der Waals surface area contributed by atoms with Gasteiger partial charge < -0.3 is 5.32 Å². The molecular formula is C21H22ClN3O2S. The Hall–Kier alpha value is -2.18. The summed E-state index contributed by atoms with van der Waals surface area (Å²) in [6, 6.07) is 7.31. The molecule has 1 N–H and O–H groups in total. The SMILES string of the molecule is Cc1nc2sc3c(c2c(=O)n1CC(=O)NCc1ccc(Cl)cc1)CCC(C)C3. The fourth-order valence-corrected chi connectivity index (χ4v) is 5.26. The van der Waals surface area contributed by atoms with Crippen molar-refractivity contribution in [1.82, 2.24) is 14.9 Å². The first-order valence-electron chi connectivity index (χ1n) is 9.45. The van der Waals surface area contributed by atoms with Gasteiger partial charge in [0, 0.05) is 16.4 Å². The van der Waals surface area contributed by atoms with Gasteiger partial charge in [-0.1, -0.05) is 30.7 Å². The summed E-state index contributed by atoms with van der Waals surface area (Å²) in [6.45, 7) is 4.40. The molecule has 7 heteroatoms. The molecule has 1 aliphatic carbocycles. The van der Waals surface area contributed by atoms with Crippen LogP contribution in [0.25, 0.3) is 10.2 Å². The predicted molar refractivity (Wildman–Crippen MR) is 113 cm³/mol. The topological polar surface area (TPSA) is 64.0 Å². The number of amides is 1. The van der Waals surface area contributed by atoms with Gasteiger partial charge in [0.25, 0.3) is 5.56 Å². The number of fused-ring (bicyclic) bond motifs is 3. The van der Waals surface area contributed by atoms with Crippen LogP contribution in [0.3, 0.4) is 0 Å². The number of nitrogens with zero attached hydrogens (tertiary/aromatic N) is 2. The van der Waals surface area contributed by atoms with Gasteiger partial charge in [-0.3, -0.25) is 14.2 Å². The van der Waals surface area contributed by atoms with Crippen LogP contribution in [0.15, 0.2) is 29.1 Å². The van der Waals surface area contributed by atoms with Gasteiger partial charge >= 0.3 is 0 Å². The number of aryl methyl sites for hydroxylation is 2. The van der Waals surface area contributed by atoms with Crippen molar-refractivity contribution < 1.29 is 4.79 Å². The van der Waals surface area contributed by atoms with E-state index in [-0.39, 0.29) is 18.0 Å². The maximum atomic E-state index is 13.1. The summed E-state index contributed by atoms with van der Waals surface area (Å²) < 4.78 is 1.49. The Bertz CT molecular complexity index is 1100. The number of aromatic nitrogens is 2. The molecule has 0 fully saturated rings. The minimum atomic E-state index is -0.209. The predicted octanol–water partition coefficient (Wildman–Crippen LogP) is 3.86. The van der Waals surface area contributed by atoms with Crippen molar-refractivity contribution >= 4 is 39.1 Å². The lowest BCUT2D eigenvalue weighted by molar-refractivity contribution is -0.121. The summed E-state index contributed by atoms with van der Waals surface area (Å²) in [5, 5.41) is 4.23. The minimum absolute atomic E-state index is 0.0256.